The fourth-order valence-electron chi connectivity index (χ4n) is 1.78. The van der Waals surface area contributed by atoms with Gasteiger partial charge in [0.25, 0.3) is 0 Å². The third kappa shape index (κ3) is 5.12. The molecule has 110 valence electrons. The highest BCUT2D eigenvalue weighted by molar-refractivity contribution is 6.30. The van der Waals surface area contributed by atoms with Crippen LogP contribution in [0.25, 0.3) is 0 Å². The number of hydrogen-bond donors (Lipinski definition) is 0. The lowest BCUT2D eigenvalue weighted by atomic mass is 10.2. The molecule has 0 aliphatic heterocycles. The Morgan fingerprint density at radius 3 is 2.52 bits per heavy atom. The number of aryl methyl sites for hydroxylation is 1. The zero-order valence-corrected chi connectivity index (χ0v) is 12.6. The topological polar surface area (TPSA) is 35.5 Å². The van der Waals surface area contributed by atoms with Crippen molar-refractivity contribution < 1.29 is 14.3 Å². The van der Waals surface area contributed by atoms with Gasteiger partial charge in [0.1, 0.15) is 11.5 Å². The molecule has 2 aromatic carbocycles. The lowest BCUT2D eigenvalue weighted by Crippen LogP contribution is -2.10. The van der Waals surface area contributed by atoms with Crippen molar-refractivity contribution in [1.29, 1.82) is 0 Å². The Bertz CT molecular complexity index is 593. The van der Waals surface area contributed by atoms with Gasteiger partial charge in [0, 0.05) is 11.4 Å². The predicted octanol–water partition coefficient (Wildman–Crippen LogP) is 4.41. The lowest BCUT2D eigenvalue weighted by molar-refractivity contribution is -0.134. The predicted molar refractivity (Wildman–Crippen MR) is 83.0 cm³/mol. The van der Waals surface area contributed by atoms with E-state index >= 15 is 0 Å². The molecule has 0 fully saturated rings. The van der Waals surface area contributed by atoms with Crippen LogP contribution in [0.4, 0.5) is 0 Å². The molecule has 0 unspecified atom stereocenters. The van der Waals surface area contributed by atoms with Crippen LogP contribution >= 0.6 is 11.6 Å². The van der Waals surface area contributed by atoms with E-state index in [1.807, 2.05) is 25.1 Å². The van der Waals surface area contributed by atoms with E-state index in [0.717, 1.165) is 11.3 Å². The molecule has 0 aromatic heterocycles. The minimum absolute atomic E-state index is 0.246. The number of ether oxygens (including phenoxy) is 2. The third-order valence-electron chi connectivity index (χ3n) is 2.92. The summed E-state index contributed by atoms with van der Waals surface area (Å²) in [6.07, 6.45) is 0.926. The Hall–Kier alpha value is -2.00. The molecule has 0 spiro atoms. The molecule has 4 heteroatoms. The summed E-state index contributed by atoms with van der Waals surface area (Å²) in [5.74, 6) is 1.11. The van der Waals surface area contributed by atoms with Crippen molar-refractivity contribution in [3.63, 3.8) is 0 Å². The van der Waals surface area contributed by atoms with E-state index in [4.69, 9.17) is 21.1 Å². The molecule has 0 N–H and O–H groups in total. The van der Waals surface area contributed by atoms with Crippen molar-refractivity contribution in [2.75, 3.05) is 6.61 Å². The van der Waals surface area contributed by atoms with E-state index < -0.39 is 0 Å². The fourth-order valence-corrected chi connectivity index (χ4v) is 1.91. The minimum Gasteiger partial charge on any atom is -0.494 e. The van der Waals surface area contributed by atoms with Gasteiger partial charge < -0.3 is 9.47 Å². The van der Waals surface area contributed by atoms with E-state index in [1.54, 1.807) is 30.3 Å². The van der Waals surface area contributed by atoms with Crippen LogP contribution in [0.3, 0.4) is 0 Å². The lowest BCUT2D eigenvalue weighted by Gasteiger charge is -2.08. The molecule has 0 bridgehead atoms. The molecule has 2 rings (SSSR count). The highest BCUT2D eigenvalue weighted by Crippen LogP contribution is 2.18. The molecular weight excluding hydrogens is 288 g/mol. The number of hydrogen-bond acceptors (Lipinski definition) is 3. The minimum atomic E-state index is -0.246. The highest BCUT2D eigenvalue weighted by Gasteiger charge is 2.06. The monoisotopic (exact) mass is 304 g/mol. The van der Waals surface area contributed by atoms with Crippen molar-refractivity contribution in [3.8, 4) is 11.5 Å². The third-order valence-corrected chi connectivity index (χ3v) is 3.18. The average molecular weight is 305 g/mol. The van der Waals surface area contributed by atoms with Gasteiger partial charge in [0.15, 0.2) is 0 Å². The zero-order valence-electron chi connectivity index (χ0n) is 11.8. The van der Waals surface area contributed by atoms with E-state index in [9.17, 15) is 4.79 Å². The maximum absolute atomic E-state index is 11.7. The number of benzene rings is 2. The second kappa shape index (κ2) is 7.70. The van der Waals surface area contributed by atoms with Crippen molar-refractivity contribution >= 4 is 17.6 Å². The Morgan fingerprint density at radius 2 is 1.81 bits per heavy atom. The van der Waals surface area contributed by atoms with Crippen LogP contribution < -0.4 is 9.47 Å². The van der Waals surface area contributed by atoms with Gasteiger partial charge >= 0.3 is 5.97 Å². The maximum atomic E-state index is 11.7. The van der Waals surface area contributed by atoms with Gasteiger partial charge in [-0.3, -0.25) is 4.79 Å². The first-order valence-electron chi connectivity index (χ1n) is 6.80. The summed E-state index contributed by atoms with van der Waals surface area (Å²) < 4.78 is 10.8. The van der Waals surface area contributed by atoms with Crippen LogP contribution in [0.5, 0.6) is 11.5 Å². The summed E-state index contributed by atoms with van der Waals surface area (Å²) in [4.78, 5) is 11.7. The summed E-state index contributed by atoms with van der Waals surface area (Å²) in [7, 11) is 0. The number of halogens is 1. The number of para-hydroxylation sites is 1. The molecule has 0 saturated heterocycles. The summed E-state index contributed by atoms with van der Waals surface area (Å²) >= 11 is 5.79. The Morgan fingerprint density at radius 1 is 1.10 bits per heavy atom. The van der Waals surface area contributed by atoms with Gasteiger partial charge in [0.05, 0.1) is 6.61 Å². The Labute approximate surface area is 129 Å². The van der Waals surface area contributed by atoms with E-state index in [-0.39, 0.29) is 5.97 Å². The fraction of sp³-hybridized carbons (Fsp3) is 0.235. The van der Waals surface area contributed by atoms with Crippen LogP contribution in [0, 0.1) is 6.92 Å². The summed E-state index contributed by atoms with van der Waals surface area (Å²) in [6.45, 7) is 2.37. The first-order chi connectivity index (χ1) is 10.1. The van der Waals surface area contributed by atoms with Gasteiger partial charge in [0.2, 0.25) is 0 Å². The first-order valence-corrected chi connectivity index (χ1v) is 7.17. The smallest absolute Gasteiger partial charge is 0.311 e. The van der Waals surface area contributed by atoms with Crippen molar-refractivity contribution in [3.05, 3.63) is 59.1 Å². The summed E-state index contributed by atoms with van der Waals surface area (Å²) in [5, 5.41) is 0.671. The van der Waals surface area contributed by atoms with Crippen LogP contribution in [0.1, 0.15) is 18.4 Å². The van der Waals surface area contributed by atoms with E-state index in [0.29, 0.717) is 30.2 Å². The van der Waals surface area contributed by atoms with Crippen LogP contribution in [0.15, 0.2) is 48.5 Å². The van der Waals surface area contributed by atoms with Crippen LogP contribution in [-0.2, 0) is 4.79 Å². The van der Waals surface area contributed by atoms with Gasteiger partial charge in [-0.05, 0) is 49.2 Å². The summed E-state index contributed by atoms with van der Waals surface area (Å²) in [5.41, 5.74) is 0.947. The molecule has 0 aliphatic carbocycles. The highest BCUT2D eigenvalue weighted by atomic mass is 35.5. The maximum Gasteiger partial charge on any atom is 0.311 e. The molecule has 0 heterocycles. The van der Waals surface area contributed by atoms with Crippen LogP contribution in [-0.4, -0.2) is 12.6 Å². The van der Waals surface area contributed by atoms with Gasteiger partial charge in [-0.1, -0.05) is 29.8 Å². The molecule has 0 atom stereocenters. The quantitative estimate of drug-likeness (QED) is 0.450. The summed E-state index contributed by atoms with van der Waals surface area (Å²) in [6, 6.07) is 14.6. The van der Waals surface area contributed by atoms with Gasteiger partial charge in [-0.2, -0.15) is 0 Å². The second-order valence-electron chi connectivity index (χ2n) is 4.65. The average Bonchev–Trinajstić information content (AvgIpc) is 2.48. The molecule has 0 radical (unpaired) electrons. The number of carbonyl (C=O) groups excluding carboxylic acids is 1. The number of rotatable bonds is 6. The van der Waals surface area contributed by atoms with E-state index in [2.05, 4.69) is 0 Å². The normalized spacial score (nSPS) is 10.2. The molecular formula is C17H17ClO3. The first kappa shape index (κ1) is 15.4. The Balaban J connectivity index is 1.70. The van der Waals surface area contributed by atoms with E-state index in [1.165, 1.54) is 0 Å². The largest absolute Gasteiger partial charge is 0.494 e. The number of esters is 1. The molecule has 0 aliphatic rings. The van der Waals surface area contributed by atoms with Crippen molar-refractivity contribution in [2.45, 2.75) is 19.8 Å². The number of carbonyl (C=O) groups is 1. The van der Waals surface area contributed by atoms with Gasteiger partial charge in [-0.25, -0.2) is 0 Å². The van der Waals surface area contributed by atoms with Crippen molar-refractivity contribution in [2.24, 2.45) is 0 Å². The van der Waals surface area contributed by atoms with Gasteiger partial charge in [-0.15, -0.1) is 0 Å². The zero-order chi connectivity index (χ0) is 15.1. The van der Waals surface area contributed by atoms with Crippen molar-refractivity contribution in [1.82, 2.24) is 0 Å². The second-order valence-corrected chi connectivity index (χ2v) is 5.08. The Kier molecular flexibility index (Phi) is 5.64. The van der Waals surface area contributed by atoms with Crippen LogP contribution in [0.2, 0.25) is 5.02 Å². The molecule has 0 saturated carbocycles. The molecule has 3 nitrogen and oxygen atoms in total. The molecule has 0 amide bonds. The molecule has 2 aromatic rings. The SMILES string of the molecule is Cc1ccccc1OC(=O)CCCOc1ccc(Cl)cc1. The molecule has 21 heavy (non-hydrogen) atoms. The standard InChI is InChI=1S/C17H17ClO3/c1-13-5-2-3-6-16(13)21-17(19)7-4-12-20-15-10-8-14(18)9-11-15/h2-3,5-6,8-11H,4,7,12H2,1H3.